The zero-order chi connectivity index (χ0) is 14.7. The summed E-state index contributed by atoms with van der Waals surface area (Å²) in [4.78, 5) is 6.56. The van der Waals surface area contributed by atoms with Crippen molar-refractivity contribution < 1.29 is 0 Å². The van der Waals surface area contributed by atoms with Crippen LogP contribution >= 0.6 is 24.0 Å². The van der Waals surface area contributed by atoms with Gasteiger partial charge in [-0.1, -0.05) is 33.6 Å². The molecule has 0 heterocycles. The van der Waals surface area contributed by atoms with Crippen molar-refractivity contribution in [3.8, 4) is 0 Å². The van der Waals surface area contributed by atoms with Crippen molar-refractivity contribution in [1.29, 1.82) is 0 Å². The molecular formula is C15H35IN4. The standard InChI is InChI=1S/C15H34N4.HI/c1-7-8-9-10-17-15(16-4)18-12-14(19(5)6)11-13(2)3;/h13-14H,7-12H2,1-6H3,(H2,16,17,18);1H. The quantitative estimate of drug-likeness (QED) is 0.272. The summed E-state index contributed by atoms with van der Waals surface area (Å²) in [7, 11) is 6.13. The van der Waals surface area contributed by atoms with E-state index in [0.717, 1.165) is 19.0 Å². The fourth-order valence-electron chi connectivity index (χ4n) is 2.04. The van der Waals surface area contributed by atoms with Gasteiger partial charge in [-0.2, -0.15) is 0 Å². The van der Waals surface area contributed by atoms with Crippen LogP contribution in [-0.4, -0.2) is 51.1 Å². The molecule has 0 bridgehead atoms. The van der Waals surface area contributed by atoms with Gasteiger partial charge in [0.2, 0.25) is 0 Å². The minimum absolute atomic E-state index is 0. The highest BCUT2D eigenvalue weighted by molar-refractivity contribution is 14.0. The van der Waals surface area contributed by atoms with Crippen LogP contribution in [0.15, 0.2) is 4.99 Å². The smallest absolute Gasteiger partial charge is 0.191 e. The van der Waals surface area contributed by atoms with Crippen LogP contribution in [0.4, 0.5) is 0 Å². The summed E-state index contributed by atoms with van der Waals surface area (Å²) in [5.41, 5.74) is 0. The SMILES string of the molecule is CCCCCNC(=NC)NCC(CC(C)C)N(C)C.I. The van der Waals surface area contributed by atoms with Crippen LogP contribution in [0.3, 0.4) is 0 Å². The Morgan fingerprint density at radius 3 is 2.25 bits per heavy atom. The number of rotatable bonds is 9. The summed E-state index contributed by atoms with van der Waals surface area (Å²) in [6.45, 7) is 8.71. The van der Waals surface area contributed by atoms with Crippen LogP contribution in [0.25, 0.3) is 0 Å². The van der Waals surface area contributed by atoms with E-state index in [1.165, 1.54) is 25.7 Å². The minimum Gasteiger partial charge on any atom is -0.356 e. The van der Waals surface area contributed by atoms with Crippen LogP contribution in [0.2, 0.25) is 0 Å². The molecule has 2 N–H and O–H groups in total. The molecule has 0 spiro atoms. The lowest BCUT2D eigenvalue weighted by atomic mass is 10.0. The molecule has 0 aromatic rings. The molecule has 0 aliphatic rings. The predicted molar refractivity (Wildman–Crippen MR) is 101 cm³/mol. The van der Waals surface area contributed by atoms with E-state index in [4.69, 9.17) is 0 Å². The second-order valence-electron chi connectivity index (χ2n) is 5.83. The first-order chi connectivity index (χ1) is 9.01. The van der Waals surface area contributed by atoms with Crippen LogP contribution in [0.1, 0.15) is 46.5 Å². The molecule has 1 atom stereocenters. The van der Waals surface area contributed by atoms with Gasteiger partial charge in [-0.25, -0.2) is 0 Å². The van der Waals surface area contributed by atoms with Crippen LogP contribution in [-0.2, 0) is 0 Å². The number of nitrogens with one attached hydrogen (secondary N) is 2. The van der Waals surface area contributed by atoms with Gasteiger partial charge in [-0.15, -0.1) is 24.0 Å². The van der Waals surface area contributed by atoms with Gasteiger partial charge in [0, 0.05) is 26.2 Å². The first kappa shape index (κ1) is 22.2. The van der Waals surface area contributed by atoms with E-state index in [1.54, 1.807) is 0 Å². The van der Waals surface area contributed by atoms with Gasteiger partial charge in [-0.3, -0.25) is 4.99 Å². The molecule has 122 valence electrons. The first-order valence-corrected chi connectivity index (χ1v) is 7.62. The molecule has 0 aromatic heterocycles. The van der Waals surface area contributed by atoms with E-state index >= 15 is 0 Å². The summed E-state index contributed by atoms with van der Waals surface area (Å²) in [5, 5.41) is 6.80. The lowest BCUT2D eigenvalue weighted by molar-refractivity contribution is 0.254. The Morgan fingerprint density at radius 1 is 1.15 bits per heavy atom. The number of aliphatic imine (C=N–C) groups is 1. The average molecular weight is 398 g/mol. The van der Waals surface area contributed by atoms with Crippen molar-refractivity contribution in [2.24, 2.45) is 10.9 Å². The first-order valence-electron chi connectivity index (χ1n) is 7.62. The van der Waals surface area contributed by atoms with Crippen molar-refractivity contribution in [2.45, 2.75) is 52.5 Å². The number of hydrogen-bond donors (Lipinski definition) is 2. The van der Waals surface area contributed by atoms with E-state index in [0.29, 0.717) is 12.0 Å². The van der Waals surface area contributed by atoms with Gasteiger partial charge in [0.15, 0.2) is 5.96 Å². The molecule has 0 rings (SSSR count). The summed E-state index contributed by atoms with van der Waals surface area (Å²) in [6, 6.07) is 0.550. The number of unbranched alkanes of at least 4 members (excludes halogenated alkanes) is 2. The Bertz CT molecular complexity index is 242. The van der Waals surface area contributed by atoms with E-state index in [1.807, 2.05) is 7.05 Å². The lowest BCUT2D eigenvalue weighted by Gasteiger charge is -2.27. The van der Waals surface area contributed by atoms with Gasteiger partial charge >= 0.3 is 0 Å². The zero-order valence-corrected chi connectivity index (χ0v) is 16.5. The summed E-state index contributed by atoms with van der Waals surface area (Å²) in [6.07, 6.45) is 4.94. The Hall–Kier alpha value is -0.0400. The molecule has 1 unspecified atom stereocenters. The van der Waals surface area contributed by atoms with Crippen LogP contribution in [0, 0.1) is 5.92 Å². The van der Waals surface area contributed by atoms with E-state index in [2.05, 4.69) is 55.4 Å². The fraction of sp³-hybridized carbons (Fsp3) is 0.933. The highest BCUT2D eigenvalue weighted by Crippen LogP contribution is 2.07. The molecular weight excluding hydrogens is 363 g/mol. The van der Waals surface area contributed by atoms with Crippen molar-refractivity contribution in [3.63, 3.8) is 0 Å². The molecule has 0 saturated carbocycles. The lowest BCUT2D eigenvalue weighted by Crippen LogP contribution is -2.45. The molecule has 0 aromatic carbocycles. The number of likely N-dealkylation sites (N-methyl/N-ethyl adjacent to an activating group) is 1. The maximum Gasteiger partial charge on any atom is 0.191 e. The van der Waals surface area contributed by atoms with Gasteiger partial charge in [0.1, 0.15) is 0 Å². The van der Waals surface area contributed by atoms with Crippen molar-refractivity contribution in [2.75, 3.05) is 34.2 Å². The van der Waals surface area contributed by atoms with Crippen molar-refractivity contribution >= 4 is 29.9 Å². The Balaban J connectivity index is 0. The van der Waals surface area contributed by atoms with Crippen LogP contribution < -0.4 is 10.6 Å². The van der Waals surface area contributed by atoms with Gasteiger partial charge in [-0.05, 0) is 32.9 Å². The summed E-state index contributed by atoms with van der Waals surface area (Å²) in [5.74, 6) is 1.64. The Morgan fingerprint density at radius 2 is 1.80 bits per heavy atom. The monoisotopic (exact) mass is 398 g/mol. The third-order valence-electron chi connectivity index (χ3n) is 3.28. The Kier molecular flexibility index (Phi) is 15.5. The topological polar surface area (TPSA) is 39.7 Å². The third-order valence-corrected chi connectivity index (χ3v) is 3.28. The molecule has 0 fully saturated rings. The van der Waals surface area contributed by atoms with Crippen molar-refractivity contribution in [1.82, 2.24) is 15.5 Å². The van der Waals surface area contributed by atoms with Crippen LogP contribution in [0.5, 0.6) is 0 Å². The summed E-state index contributed by atoms with van der Waals surface area (Å²) >= 11 is 0. The summed E-state index contributed by atoms with van der Waals surface area (Å²) < 4.78 is 0. The number of halogens is 1. The molecule has 0 aliphatic heterocycles. The normalized spacial score (nSPS) is 13.3. The molecule has 0 radical (unpaired) electrons. The van der Waals surface area contributed by atoms with E-state index in [9.17, 15) is 0 Å². The maximum absolute atomic E-state index is 4.27. The molecule has 20 heavy (non-hydrogen) atoms. The molecule has 0 aliphatic carbocycles. The molecule has 4 nitrogen and oxygen atoms in total. The van der Waals surface area contributed by atoms with E-state index in [-0.39, 0.29) is 24.0 Å². The predicted octanol–water partition coefficient (Wildman–Crippen LogP) is 2.94. The van der Waals surface area contributed by atoms with Gasteiger partial charge in [0.05, 0.1) is 0 Å². The highest BCUT2D eigenvalue weighted by atomic mass is 127. The van der Waals surface area contributed by atoms with Crippen molar-refractivity contribution in [3.05, 3.63) is 0 Å². The second-order valence-corrected chi connectivity index (χ2v) is 5.83. The largest absolute Gasteiger partial charge is 0.356 e. The maximum atomic E-state index is 4.27. The number of hydrogen-bond acceptors (Lipinski definition) is 2. The number of guanidine groups is 1. The van der Waals surface area contributed by atoms with E-state index < -0.39 is 0 Å². The minimum atomic E-state index is 0. The molecule has 5 heteroatoms. The highest BCUT2D eigenvalue weighted by Gasteiger charge is 2.13. The van der Waals surface area contributed by atoms with Gasteiger partial charge < -0.3 is 15.5 Å². The Labute approximate surface area is 143 Å². The number of nitrogens with zero attached hydrogens (tertiary/aromatic N) is 2. The fourth-order valence-corrected chi connectivity index (χ4v) is 2.04. The van der Waals surface area contributed by atoms with Gasteiger partial charge in [0.25, 0.3) is 0 Å². The zero-order valence-electron chi connectivity index (χ0n) is 14.2. The molecule has 0 saturated heterocycles. The average Bonchev–Trinajstić information content (AvgIpc) is 2.35. The third kappa shape index (κ3) is 11.8. The second kappa shape index (κ2) is 13.9. The molecule has 0 amide bonds.